The first-order chi connectivity index (χ1) is 24.6. The van der Waals surface area contributed by atoms with Gasteiger partial charge in [0.25, 0.3) is 11.8 Å². The molecular weight excluding hydrogens is 667 g/mol. The highest BCUT2D eigenvalue weighted by atomic mass is 32.2. The van der Waals surface area contributed by atoms with Crippen LogP contribution >= 0.6 is 23.5 Å². The smallest absolute Gasteiger partial charge is 0.286 e. The summed E-state index contributed by atoms with van der Waals surface area (Å²) >= 11 is 2.90. The molecule has 250 valence electrons. The lowest BCUT2D eigenvalue weighted by molar-refractivity contribution is -0.114. The van der Waals surface area contributed by atoms with Crippen LogP contribution < -0.4 is 0 Å². The maximum Gasteiger partial charge on any atom is 0.286 e. The van der Waals surface area contributed by atoms with Crippen molar-refractivity contribution >= 4 is 90.3 Å². The molecule has 0 spiro atoms. The largest absolute Gasteiger partial charge is 0.378 e. The van der Waals surface area contributed by atoms with E-state index in [1.165, 1.54) is 39.7 Å². The van der Waals surface area contributed by atoms with Gasteiger partial charge in [-0.15, -0.1) is 0 Å². The predicted molar refractivity (Wildman–Crippen MR) is 204 cm³/mol. The Hall–Kier alpha value is -4.81. The Morgan fingerprint density at radius 1 is 0.600 bits per heavy atom. The van der Waals surface area contributed by atoms with E-state index in [1.807, 2.05) is 54.6 Å². The number of ether oxygens (including phenoxy) is 2. The average Bonchev–Trinajstić information content (AvgIpc) is 3.73. The Labute approximate surface area is 297 Å². The summed E-state index contributed by atoms with van der Waals surface area (Å²) in [4.78, 5) is 43.1. The number of hydrogen-bond acceptors (Lipinski definition) is 9. The van der Waals surface area contributed by atoms with Crippen molar-refractivity contribution in [3.05, 3.63) is 112 Å². The average molecular weight is 700 g/mol. The molecule has 4 aliphatic heterocycles. The van der Waals surface area contributed by atoms with Crippen LogP contribution in [0.15, 0.2) is 111 Å². The predicted octanol–water partition coefficient (Wildman–Crippen LogP) is 6.83. The standard InChI is InChI=1S/C22H18N2O2S.C17H15N3O2S/c25-21-20(27-22(23-21)24-9-11-26-12-10-24)14-16-13-15-5-1-2-6-17(15)19-8-4-3-7-18(16)19;21-16-15(23-17(19-16)20-5-7-22-8-6-20)10-12-9-13-3-1-2-4-14(13)18-11-12/h1-8,13-14H,9-12H2;1-4,9-11H,5-8H2. The Kier molecular flexibility index (Phi) is 9.45. The molecule has 50 heavy (non-hydrogen) atoms. The van der Waals surface area contributed by atoms with Crippen molar-refractivity contribution in [3.8, 4) is 0 Å². The van der Waals surface area contributed by atoms with Crippen LogP contribution in [0.1, 0.15) is 11.1 Å². The highest BCUT2D eigenvalue weighted by Gasteiger charge is 2.28. The lowest BCUT2D eigenvalue weighted by atomic mass is 9.97. The number of nitrogens with zero attached hydrogens (tertiary/aromatic N) is 5. The van der Waals surface area contributed by atoms with Crippen molar-refractivity contribution < 1.29 is 19.1 Å². The molecule has 2 amide bonds. The Bertz CT molecular complexity index is 2250. The maximum atomic E-state index is 12.5. The molecule has 0 N–H and O–H groups in total. The Balaban J connectivity index is 0.000000146. The van der Waals surface area contributed by atoms with Crippen LogP contribution in [0.2, 0.25) is 0 Å². The quantitative estimate of drug-likeness (QED) is 0.145. The van der Waals surface area contributed by atoms with E-state index < -0.39 is 0 Å². The summed E-state index contributed by atoms with van der Waals surface area (Å²) in [5.41, 5.74) is 2.92. The van der Waals surface area contributed by atoms with Crippen LogP contribution in [0.25, 0.3) is 44.6 Å². The van der Waals surface area contributed by atoms with Crippen LogP contribution in [0, 0.1) is 0 Å². The van der Waals surface area contributed by atoms with Gasteiger partial charge in [-0.05, 0) is 86.5 Å². The minimum Gasteiger partial charge on any atom is -0.378 e. The summed E-state index contributed by atoms with van der Waals surface area (Å²) in [6.45, 7) is 5.86. The van der Waals surface area contributed by atoms with E-state index in [0.29, 0.717) is 36.2 Å². The molecule has 4 aliphatic rings. The van der Waals surface area contributed by atoms with E-state index in [4.69, 9.17) is 9.47 Å². The zero-order valence-electron chi connectivity index (χ0n) is 27.2. The van der Waals surface area contributed by atoms with Gasteiger partial charge in [0.1, 0.15) is 0 Å². The second-order valence-corrected chi connectivity index (χ2v) is 14.0. The van der Waals surface area contributed by atoms with Gasteiger partial charge in [-0.2, -0.15) is 9.98 Å². The van der Waals surface area contributed by atoms with Gasteiger partial charge >= 0.3 is 0 Å². The lowest BCUT2D eigenvalue weighted by Crippen LogP contribution is -2.38. The van der Waals surface area contributed by atoms with E-state index in [-0.39, 0.29) is 11.8 Å². The minimum atomic E-state index is -0.176. The fourth-order valence-electron chi connectivity index (χ4n) is 6.24. The van der Waals surface area contributed by atoms with Gasteiger partial charge in [0, 0.05) is 37.8 Å². The number of aromatic nitrogens is 1. The van der Waals surface area contributed by atoms with Crippen LogP contribution in [-0.4, -0.2) is 89.5 Å². The number of hydrogen-bond donors (Lipinski definition) is 0. The van der Waals surface area contributed by atoms with Gasteiger partial charge in [-0.25, -0.2) is 0 Å². The fraction of sp³-hybridized carbons (Fsp3) is 0.205. The van der Waals surface area contributed by atoms with Crippen molar-refractivity contribution in [1.29, 1.82) is 0 Å². The lowest BCUT2D eigenvalue weighted by Gasteiger charge is -2.27. The van der Waals surface area contributed by atoms with Crippen molar-refractivity contribution in [2.75, 3.05) is 52.6 Å². The molecule has 11 heteroatoms. The van der Waals surface area contributed by atoms with Crippen LogP contribution in [0.5, 0.6) is 0 Å². The van der Waals surface area contributed by atoms with Crippen molar-refractivity contribution in [1.82, 2.24) is 14.8 Å². The van der Waals surface area contributed by atoms with Gasteiger partial charge in [0.05, 0.1) is 41.8 Å². The third-order valence-corrected chi connectivity index (χ3v) is 10.9. The SMILES string of the molecule is O=C1N=C(N2CCOCC2)SC1=Cc1cc2ccccc2c2ccccc12.O=C1N=C(N2CCOCC2)SC1=Cc1cnc2ccccc2c1. The first kappa shape index (κ1) is 32.4. The van der Waals surface area contributed by atoms with E-state index >= 15 is 0 Å². The highest BCUT2D eigenvalue weighted by Crippen LogP contribution is 2.35. The summed E-state index contributed by atoms with van der Waals surface area (Å²) in [5, 5.41) is 7.38. The summed E-state index contributed by atoms with van der Waals surface area (Å²) < 4.78 is 10.7. The molecular formula is C39H33N5O4S2. The number of thioether (sulfide) groups is 2. The molecule has 1 aromatic heterocycles. The first-order valence-corrected chi connectivity index (χ1v) is 18.2. The molecule has 0 bridgehead atoms. The molecule has 9 nitrogen and oxygen atoms in total. The monoisotopic (exact) mass is 699 g/mol. The highest BCUT2D eigenvalue weighted by molar-refractivity contribution is 8.18. The van der Waals surface area contributed by atoms with Gasteiger partial charge in [0.2, 0.25) is 0 Å². The van der Waals surface area contributed by atoms with Gasteiger partial charge in [-0.3, -0.25) is 14.6 Å². The molecule has 0 radical (unpaired) electrons. The number of amidine groups is 2. The van der Waals surface area contributed by atoms with Crippen molar-refractivity contribution in [3.63, 3.8) is 0 Å². The number of carbonyl (C=O) groups excluding carboxylic acids is 2. The maximum absolute atomic E-state index is 12.5. The van der Waals surface area contributed by atoms with Crippen LogP contribution in [-0.2, 0) is 19.1 Å². The van der Waals surface area contributed by atoms with E-state index in [1.54, 1.807) is 6.20 Å². The summed E-state index contributed by atoms with van der Waals surface area (Å²) in [6.07, 6.45) is 5.64. The molecule has 5 heterocycles. The molecule has 0 saturated carbocycles. The summed E-state index contributed by atoms with van der Waals surface area (Å²) in [7, 11) is 0. The third-order valence-electron chi connectivity index (χ3n) is 8.78. The summed E-state index contributed by atoms with van der Waals surface area (Å²) in [6, 6.07) is 28.8. The number of rotatable bonds is 2. The Morgan fingerprint density at radius 3 is 1.80 bits per heavy atom. The molecule has 4 aromatic carbocycles. The number of para-hydroxylation sites is 1. The molecule has 0 atom stereocenters. The molecule has 0 aliphatic carbocycles. The van der Waals surface area contributed by atoms with E-state index in [0.717, 1.165) is 63.9 Å². The van der Waals surface area contributed by atoms with Crippen molar-refractivity contribution in [2.24, 2.45) is 9.98 Å². The van der Waals surface area contributed by atoms with Gasteiger partial charge in [0.15, 0.2) is 10.3 Å². The number of amides is 2. The number of benzene rings is 4. The zero-order valence-corrected chi connectivity index (χ0v) is 28.8. The van der Waals surface area contributed by atoms with Crippen LogP contribution in [0.3, 0.4) is 0 Å². The number of aliphatic imine (C=N–C) groups is 2. The topological polar surface area (TPSA) is 96.7 Å². The normalized spacial score (nSPS) is 19.8. The minimum absolute atomic E-state index is 0.154. The second kappa shape index (κ2) is 14.6. The van der Waals surface area contributed by atoms with E-state index in [2.05, 4.69) is 67.2 Å². The fourth-order valence-corrected chi connectivity index (χ4v) is 8.16. The summed E-state index contributed by atoms with van der Waals surface area (Å²) in [5.74, 6) is -0.330. The molecule has 2 saturated heterocycles. The zero-order chi connectivity index (χ0) is 33.9. The van der Waals surface area contributed by atoms with Crippen molar-refractivity contribution in [2.45, 2.75) is 0 Å². The van der Waals surface area contributed by atoms with E-state index in [9.17, 15) is 9.59 Å². The van der Waals surface area contributed by atoms with Crippen LogP contribution in [0.4, 0.5) is 0 Å². The number of morpholine rings is 2. The Morgan fingerprint density at radius 2 is 1.14 bits per heavy atom. The number of pyridine rings is 1. The number of carbonyl (C=O) groups is 2. The molecule has 5 aromatic rings. The van der Waals surface area contributed by atoms with Gasteiger partial charge < -0.3 is 19.3 Å². The number of fused-ring (bicyclic) bond motifs is 4. The third kappa shape index (κ3) is 6.95. The second-order valence-electron chi connectivity index (χ2n) is 12.0. The first-order valence-electron chi connectivity index (χ1n) is 16.5. The molecule has 2 fully saturated rings. The van der Waals surface area contributed by atoms with Gasteiger partial charge in [-0.1, -0.05) is 66.7 Å². The molecule has 9 rings (SSSR count). The molecule has 0 unspecified atom stereocenters.